The number of aromatic nitrogens is 4. The van der Waals surface area contributed by atoms with Crippen molar-refractivity contribution in [2.24, 2.45) is 0 Å². The summed E-state index contributed by atoms with van der Waals surface area (Å²) in [6.45, 7) is 9.15. The number of nitrogens with zero attached hydrogens (tertiary/aromatic N) is 5. The van der Waals surface area contributed by atoms with Crippen LogP contribution in [-0.2, 0) is 10.3 Å². The Bertz CT molecular complexity index is 1870. The number of hydrogen-bond acceptors (Lipinski definition) is 7. The maximum absolute atomic E-state index is 12.8. The second-order valence-corrected chi connectivity index (χ2v) is 12.4. The van der Waals surface area contributed by atoms with Gasteiger partial charge in [0.05, 0.1) is 34.2 Å². The fourth-order valence-corrected chi connectivity index (χ4v) is 5.88. The van der Waals surface area contributed by atoms with Gasteiger partial charge in [-0.3, -0.25) is 0 Å². The molecule has 1 fully saturated rings. The number of benzene rings is 2. The van der Waals surface area contributed by atoms with Crippen molar-refractivity contribution >= 4 is 22.8 Å². The number of carbonyl (C=O) groups is 1. The van der Waals surface area contributed by atoms with Crippen molar-refractivity contribution in [3.63, 3.8) is 0 Å². The molecule has 0 saturated heterocycles. The zero-order chi connectivity index (χ0) is 29.9. The number of nitriles is 1. The Morgan fingerprint density at radius 1 is 1.07 bits per heavy atom. The van der Waals surface area contributed by atoms with Gasteiger partial charge in [0.15, 0.2) is 11.3 Å². The van der Waals surface area contributed by atoms with Crippen LogP contribution in [0.5, 0.6) is 0 Å². The van der Waals surface area contributed by atoms with E-state index in [1.54, 1.807) is 29.8 Å². The molecule has 1 saturated carbocycles. The molecule has 0 spiro atoms. The number of carbonyl (C=O) groups excluding carboxylic acids is 1. The van der Waals surface area contributed by atoms with E-state index in [0.29, 0.717) is 29.7 Å². The number of fused-ring (bicyclic) bond motifs is 3. The highest BCUT2D eigenvalue weighted by Gasteiger charge is 2.53. The van der Waals surface area contributed by atoms with E-state index in [4.69, 9.17) is 9.72 Å². The van der Waals surface area contributed by atoms with Crippen LogP contribution in [0.25, 0.3) is 39.1 Å². The summed E-state index contributed by atoms with van der Waals surface area (Å²) in [4.78, 5) is 22.4. The van der Waals surface area contributed by atoms with Crippen molar-refractivity contribution in [1.82, 2.24) is 24.9 Å². The molecule has 0 bridgehead atoms. The van der Waals surface area contributed by atoms with Crippen LogP contribution in [0.3, 0.4) is 0 Å². The van der Waals surface area contributed by atoms with E-state index < -0.39 is 22.8 Å². The highest BCUT2D eigenvalue weighted by atomic mass is 16.6. The molecular weight excluding hydrogens is 528 g/mol. The Morgan fingerprint density at radius 2 is 1.74 bits per heavy atom. The number of amides is 1. The number of pyridine rings is 1. The van der Waals surface area contributed by atoms with Gasteiger partial charge >= 0.3 is 6.09 Å². The molecule has 2 aromatic carbocycles. The molecule has 0 atom stereocenters. The third kappa shape index (κ3) is 5.06. The van der Waals surface area contributed by atoms with Gasteiger partial charge in [0.25, 0.3) is 0 Å². The minimum Gasteiger partial charge on any atom is -0.444 e. The van der Waals surface area contributed by atoms with Gasteiger partial charge in [0.1, 0.15) is 5.60 Å². The summed E-state index contributed by atoms with van der Waals surface area (Å²) in [5, 5.41) is 28.4. The van der Waals surface area contributed by atoms with Crippen molar-refractivity contribution in [1.29, 1.82) is 5.26 Å². The van der Waals surface area contributed by atoms with Crippen molar-refractivity contribution in [3.8, 4) is 28.5 Å². The molecule has 6 rings (SSSR count). The first-order chi connectivity index (χ1) is 19.8. The number of aryl methyl sites for hydroxylation is 1. The third-order valence-corrected chi connectivity index (χ3v) is 7.52. The lowest BCUT2D eigenvalue weighted by molar-refractivity contribution is -0.0892. The van der Waals surface area contributed by atoms with Crippen LogP contribution in [0.15, 0.2) is 66.9 Å². The molecule has 1 amide bonds. The van der Waals surface area contributed by atoms with E-state index in [1.807, 2.05) is 76.2 Å². The van der Waals surface area contributed by atoms with Crippen molar-refractivity contribution in [2.75, 3.05) is 0 Å². The van der Waals surface area contributed by atoms with Gasteiger partial charge in [-0.05, 0) is 63.9 Å². The first-order valence-corrected chi connectivity index (χ1v) is 13.9. The first-order valence-electron chi connectivity index (χ1n) is 13.9. The second-order valence-electron chi connectivity index (χ2n) is 12.4. The average molecular weight is 561 g/mol. The summed E-state index contributed by atoms with van der Waals surface area (Å²) in [7, 11) is 0. The number of nitrogens with one attached hydrogen (secondary N) is 1. The molecule has 3 heterocycles. The van der Waals surface area contributed by atoms with Gasteiger partial charge < -0.3 is 15.2 Å². The molecule has 212 valence electrons. The monoisotopic (exact) mass is 560 g/mol. The Labute approximate surface area is 243 Å². The molecule has 0 aliphatic heterocycles. The third-order valence-electron chi connectivity index (χ3n) is 7.52. The standard InChI is InChI=1S/C33H32N6O3/c1-20-14-27-35-17-24-15-26(22-8-6-21(16-34)7-9-22)28(36-29(24)39(27)38-20)23-10-12-25(13-11-23)33(18-32(5,41)19-33)37-30(40)42-31(2,3)4/h6-15,17,41H,18-19H2,1-5H3,(H,37,40)/t32-,33+. The van der Waals surface area contributed by atoms with Crippen LogP contribution in [-0.4, -0.2) is 42.0 Å². The van der Waals surface area contributed by atoms with Crippen molar-refractivity contribution < 1.29 is 14.6 Å². The average Bonchev–Trinajstić information content (AvgIpc) is 3.31. The largest absolute Gasteiger partial charge is 0.444 e. The van der Waals surface area contributed by atoms with Crippen LogP contribution in [0.4, 0.5) is 4.79 Å². The first kappa shape index (κ1) is 27.4. The SMILES string of the molecule is Cc1cc2ncc3cc(-c4ccc(C#N)cc4)c(-c4ccc([C@]5(NC(=O)OC(C)(C)C)C[C@@](C)(O)C5)cc4)nc3n2n1. The van der Waals surface area contributed by atoms with E-state index in [9.17, 15) is 15.2 Å². The van der Waals surface area contributed by atoms with Crippen LogP contribution < -0.4 is 5.32 Å². The van der Waals surface area contributed by atoms with Crippen LogP contribution in [0, 0.1) is 18.3 Å². The number of ether oxygens (including phenoxy) is 1. The summed E-state index contributed by atoms with van der Waals surface area (Å²) >= 11 is 0. The number of aliphatic hydroxyl groups is 1. The fraction of sp³-hybridized carbons (Fsp3) is 0.303. The summed E-state index contributed by atoms with van der Waals surface area (Å²) in [5.41, 5.74) is 4.83. The van der Waals surface area contributed by atoms with Crippen molar-refractivity contribution in [3.05, 3.63) is 83.7 Å². The fourth-order valence-electron chi connectivity index (χ4n) is 5.88. The molecule has 1 aliphatic rings. The lowest BCUT2D eigenvalue weighted by Crippen LogP contribution is -2.62. The summed E-state index contributed by atoms with van der Waals surface area (Å²) < 4.78 is 7.29. The molecule has 5 aromatic rings. The number of alkyl carbamates (subject to hydrolysis) is 1. The van der Waals surface area contributed by atoms with Crippen molar-refractivity contribution in [2.45, 2.75) is 64.2 Å². The number of rotatable bonds is 4. The minimum absolute atomic E-state index is 0.368. The van der Waals surface area contributed by atoms with Gasteiger partial charge in [0, 0.05) is 41.6 Å². The van der Waals surface area contributed by atoms with Gasteiger partial charge in [-0.25, -0.2) is 14.8 Å². The Hall–Kier alpha value is -4.81. The van der Waals surface area contributed by atoms with E-state index in [0.717, 1.165) is 39.0 Å². The zero-order valence-corrected chi connectivity index (χ0v) is 24.3. The summed E-state index contributed by atoms with van der Waals surface area (Å²) in [5.74, 6) is 0. The van der Waals surface area contributed by atoms with E-state index in [2.05, 4.69) is 21.5 Å². The van der Waals surface area contributed by atoms with Crippen LogP contribution >= 0.6 is 0 Å². The van der Waals surface area contributed by atoms with E-state index in [1.165, 1.54) is 0 Å². The van der Waals surface area contributed by atoms with Crippen LogP contribution in [0.2, 0.25) is 0 Å². The predicted octanol–water partition coefficient (Wildman–Crippen LogP) is 6.06. The highest BCUT2D eigenvalue weighted by Crippen LogP contribution is 2.48. The second kappa shape index (κ2) is 9.64. The molecule has 1 aliphatic carbocycles. The Balaban J connectivity index is 1.45. The molecule has 3 aromatic heterocycles. The van der Waals surface area contributed by atoms with Crippen LogP contribution in [0.1, 0.15) is 57.4 Å². The number of hydrogen-bond donors (Lipinski definition) is 2. The van der Waals surface area contributed by atoms with Gasteiger partial charge in [-0.2, -0.15) is 14.9 Å². The normalized spacial score (nSPS) is 20.2. The molecule has 9 nitrogen and oxygen atoms in total. The lowest BCUT2D eigenvalue weighted by atomic mass is 9.62. The predicted molar refractivity (Wildman–Crippen MR) is 160 cm³/mol. The molecule has 2 N–H and O–H groups in total. The molecule has 9 heteroatoms. The topological polar surface area (TPSA) is 125 Å². The van der Waals surface area contributed by atoms with E-state index >= 15 is 0 Å². The maximum atomic E-state index is 12.8. The smallest absolute Gasteiger partial charge is 0.408 e. The molecule has 0 unspecified atom stereocenters. The highest BCUT2D eigenvalue weighted by molar-refractivity contribution is 5.90. The Kier molecular flexibility index (Phi) is 6.28. The van der Waals surface area contributed by atoms with Gasteiger partial charge in [0.2, 0.25) is 0 Å². The molecule has 0 radical (unpaired) electrons. The summed E-state index contributed by atoms with van der Waals surface area (Å²) in [6.07, 6.45) is 2.02. The molecule has 42 heavy (non-hydrogen) atoms. The summed E-state index contributed by atoms with van der Waals surface area (Å²) in [6, 6.07) is 21.4. The minimum atomic E-state index is -0.891. The lowest BCUT2D eigenvalue weighted by Gasteiger charge is -2.52. The van der Waals surface area contributed by atoms with E-state index in [-0.39, 0.29) is 0 Å². The quantitative estimate of drug-likeness (QED) is 0.274. The Morgan fingerprint density at radius 3 is 2.36 bits per heavy atom. The van der Waals surface area contributed by atoms with Gasteiger partial charge in [-0.1, -0.05) is 36.4 Å². The molecular formula is C33H32N6O3. The van der Waals surface area contributed by atoms with Gasteiger partial charge in [-0.15, -0.1) is 0 Å². The zero-order valence-electron chi connectivity index (χ0n) is 24.3. The maximum Gasteiger partial charge on any atom is 0.408 e.